The standard InChI is InChI=1S/C10H15N.ClH/c1-8(2)9-6-4-5-7-10(9)11-3;/h4-8,11H,1-3H3;1H. The lowest BCUT2D eigenvalue weighted by Crippen LogP contribution is -1.96. The van der Waals surface area contributed by atoms with E-state index in [1.54, 1.807) is 0 Å². The first-order valence-corrected chi connectivity index (χ1v) is 4.02. The predicted octanol–water partition coefficient (Wildman–Crippen LogP) is 3.27. The molecule has 0 bridgehead atoms. The molecule has 0 aromatic heterocycles. The summed E-state index contributed by atoms with van der Waals surface area (Å²) in [6.07, 6.45) is 0. The first-order valence-electron chi connectivity index (χ1n) is 4.02. The highest BCUT2D eigenvalue weighted by molar-refractivity contribution is 5.85. The molecule has 0 heterocycles. The molecule has 0 spiro atoms. The molecule has 1 rings (SSSR count). The van der Waals surface area contributed by atoms with Crippen LogP contribution in [0.5, 0.6) is 0 Å². The van der Waals surface area contributed by atoms with Crippen molar-refractivity contribution < 1.29 is 0 Å². The van der Waals surface area contributed by atoms with E-state index in [0.29, 0.717) is 5.92 Å². The molecular formula is C10H16ClN. The van der Waals surface area contributed by atoms with E-state index >= 15 is 0 Å². The van der Waals surface area contributed by atoms with Gasteiger partial charge < -0.3 is 5.32 Å². The monoisotopic (exact) mass is 185 g/mol. The van der Waals surface area contributed by atoms with E-state index in [9.17, 15) is 0 Å². The molecule has 1 aromatic carbocycles. The normalized spacial score (nSPS) is 9.33. The van der Waals surface area contributed by atoms with Crippen LogP contribution in [-0.4, -0.2) is 7.05 Å². The zero-order valence-corrected chi connectivity index (χ0v) is 8.61. The Morgan fingerprint density at radius 2 is 1.75 bits per heavy atom. The van der Waals surface area contributed by atoms with Crippen LogP contribution in [0.3, 0.4) is 0 Å². The van der Waals surface area contributed by atoms with Crippen molar-refractivity contribution in [2.24, 2.45) is 0 Å². The second kappa shape index (κ2) is 5.04. The Kier molecular flexibility index (Phi) is 4.75. The third-order valence-corrected chi connectivity index (χ3v) is 1.85. The van der Waals surface area contributed by atoms with Gasteiger partial charge in [-0.3, -0.25) is 0 Å². The maximum Gasteiger partial charge on any atom is 0.0372 e. The molecule has 1 aromatic rings. The average molecular weight is 186 g/mol. The van der Waals surface area contributed by atoms with Gasteiger partial charge in [-0.25, -0.2) is 0 Å². The third kappa shape index (κ3) is 2.42. The van der Waals surface area contributed by atoms with Gasteiger partial charge in [0.2, 0.25) is 0 Å². The van der Waals surface area contributed by atoms with Crippen LogP contribution >= 0.6 is 12.4 Å². The third-order valence-electron chi connectivity index (χ3n) is 1.85. The van der Waals surface area contributed by atoms with E-state index in [-0.39, 0.29) is 12.4 Å². The topological polar surface area (TPSA) is 12.0 Å². The summed E-state index contributed by atoms with van der Waals surface area (Å²) in [5.41, 5.74) is 2.62. The van der Waals surface area contributed by atoms with Crippen LogP contribution in [0.1, 0.15) is 25.3 Å². The number of hydrogen-bond acceptors (Lipinski definition) is 1. The molecule has 12 heavy (non-hydrogen) atoms. The van der Waals surface area contributed by atoms with Crippen LogP contribution in [0.4, 0.5) is 5.69 Å². The van der Waals surface area contributed by atoms with E-state index in [0.717, 1.165) is 0 Å². The minimum absolute atomic E-state index is 0. The van der Waals surface area contributed by atoms with Gasteiger partial charge in [-0.05, 0) is 17.5 Å². The molecule has 0 atom stereocenters. The van der Waals surface area contributed by atoms with Gasteiger partial charge in [0.15, 0.2) is 0 Å². The van der Waals surface area contributed by atoms with Crippen LogP contribution in [0.25, 0.3) is 0 Å². The van der Waals surface area contributed by atoms with Gasteiger partial charge in [0, 0.05) is 12.7 Å². The van der Waals surface area contributed by atoms with Crippen molar-refractivity contribution in [1.29, 1.82) is 0 Å². The number of benzene rings is 1. The maximum absolute atomic E-state index is 3.18. The number of halogens is 1. The molecule has 0 saturated heterocycles. The van der Waals surface area contributed by atoms with Crippen molar-refractivity contribution >= 4 is 18.1 Å². The predicted molar refractivity (Wildman–Crippen MR) is 57.3 cm³/mol. The first kappa shape index (κ1) is 11.3. The summed E-state index contributed by atoms with van der Waals surface area (Å²) in [4.78, 5) is 0. The first-order chi connectivity index (χ1) is 5.25. The van der Waals surface area contributed by atoms with Crippen LogP contribution < -0.4 is 5.32 Å². The van der Waals surface area contributed by atoms with Crippen molar-refractivity contribution in [2.45, 2.75) is 19.8 Å². The molecule has 1 N–H and O–H groups in total. The van der Waals surface area contributed by atoms with Gasteiger partial charge in [0.1, 0.15) is 0 Å². The molecule has 0 saturated carbocycles. The molecule has 0 radical (unpaired) electrons. The Labute approximate surface area is 80.6 Å². The smallest absolute Gasteiger partial charge is 0.0372 e. The Morgan fingerprint density at radius 3 is 2.17 bits per heavy atom. The molecule has 0 amide bonds. The zero-order valence-electron chi connectivity index (χ0n) is 7.79. The highest BCUT2D eigenvalue weighted by Gasteiger charge is 2.02. The number of hydrogen-bond donors (Lipinski definition) is 1. The minimum Gasteiger partial charge on any atom is -0.388 e. The fourth-order valence-corrected chi connectivity index (χ4v) is 1.23. The van der Waals surface area contributed by atoms with Crippen molar-refractivity contribution in [3.63, 3.8) is 0 Å². The lowest BCUT2D eigenvalue weighted by Gasteiger charge is -2.10. The Hall–Kier alpha value is -0.690. The van der Waals surface area contributed by atoms with Gasteiger partial charge in [-0.15, -0.1) is 12.4 Å². The largest absolute Gasteiger partial charge is 0.388 e. The highest BCUT2D eigenvalue weighted by atomic mass is 35.5. The van der Waals surface area contributed by atoms with Crippen LogP contribution in [0, 0.1) is 0 Å². The molecule has 0 fully saturated rings. The Bertz CT molecular complexity index is 233. The second-order valence-corrected chi connectivity index (χ2v) is 2.99. The van der Waals surface area contributed by atoms with Gasteiger partial charge in [0.25, 0.3) is 0 Å². The lowest BCUT2D eigenvalue weighted by molar-refractivity contribution is 0.868. The Morgan fingerprint density at radius 1 is 1.17 bits per heavy atom. The average Bonchev–Trinajstić information content (AvgIpc) is 2.04. The SMILES string of the molecule is CNc1ccccc1C(C)C.Cl. The fourth-order valence-electron chi connectivity index (χ4n) is 1.23. The van der Waals surface area contributed by atoms with Crippen molar-refractivity contribution in [1.82, 2.24) is 0 Å². The minimum atomic E-state index is 0. The quantitative estimate of drug-likeness (QED) is 0.746. The van der Waals surface area contributed by atoms with Gasteiger partial charge >= 0.3 is 0 Å². The summed E-state index contributed by atoms with van der Waals surface area (Å²) < 4.78 is 0. The molecule has 68 valence electrons. The van der Waals surface area contributed by atoms with E-state index in [1.165, 1.54) is 11.3 Å². The number of rotatable bonds is 2. The van der Waals surface area contributed by atoms with E-state index in [2.05, 4.69) is 43.4 Å². The van der Waals surface area contributed by atoms with Crippen LogP contribution in [0.15, 0.2) is 24.3 Å². The highest BCUT2D eigenvalue weighted by Crippen LogP contribution is 2.22. The second-order valence-electron chi connectivity index (χ2n) is 2.99. The van der Waals surface area contributed by atoms with Crippen LogP contribution in [0.2, 0.25) is 0 Å². The summed E-state index contributed by atoms with van der Waals surface area (Å²) >= 11 is 0. The molecule has 0 aliphatic carbocycles. The molecular weight excluding hydrogens is 170 g/mol. The maximum atomic E-state index is 3.18. The number of para-hydroxylation sites is 1. The molecule has 1 nitrogen and oxygen atoms in total. The van der Waals surface area contributed by atoms with Crippen molar-refractivity contribution in [2.75, 3.05) is 12.4 Å². The molecule has 0 aliphatic heterocycles. The summed E-state index contributed by atoms with van der Waals surface area (Å²) in [5.74, 6) is 0.596. The van der Waals surface area contributed by atoms with Crippen molar-refractivity contribution in [3.05, 3.63) is 29.8 Å². The summed E-state index contributed by atoms with van der Waals surface area (Å²) in [6.45, 7) is 4.41. The molecule has 0 unspecified atom stereocenters. The fraction of sp³-hybridized carbons (Fsp3) is 0.400. The lowest BCUT2D eigenvalue weighted by atomic mass is 10.0. The van der Waals surface area contributed by atoms with Crippen LogP contribution in [-0.2, 0) is 0 Å². The number of anilines is 1. The summed E-state index contributed by atoms with van der Waals surface area (Å²) in [6, 6.07) is 8.40. The van der Waals surface area contributed by atoms with Gasteiger partial charge in [-0.2, -0.15) is 0 Å². The van der Waals surface area contributed by atoms with E-state index in [4.69, 9.17) is 0 Å². The van der Waals surface area contributed by atoms with Gasteiger partial charge in [0.05, 0.1) is 0 Å². The zero-order chi connectivity index (χ0) is 8.27. The number of nitrogens with one attached hydrogen (secondary N) is 1. The van der Waals surface area contributed by atoms with E-state index < -0.39 is 0 Å². The Balaban J connectivity index is 0.00000121. The summed E-state index contributed by atoms with van der Waals surface area (Å²) in [7, 11) is 1.96. The summed E-state index contributed by atoms with van der Waals surface area (Å²) in [5, 5.41) is 3.18. The van der Waals surface area contributed by atoms with Crippen molar-refractivity contribution in [3.8, 4) is 0 Å². The van der Waals surface area contributed by atoms with Gasteiger partial charge in [-0.1, -0.05) is 32.0 Å². The molecule has 0 aliphatic rings. The van der Waals surface area contributed by atoms with E-state index in [1.807, 2.05) is 7.05 Å². The molecule has 2 heteroatoms.